The number of rotatable bonds is 2. The predicted octanol–water partition coefficient (Wildman–Crippen LogP) is 0.729. The second kappa shape index (κ2) is 4.60. The molecular weight excluding hydrogens is 156 g/mol. The van der Waals surface area contributed by atoms with Crippen molar-refractivity contribution in [3.05, 3.63) is 11.6 Å². The molecule has 2 unspecified atom stereocenters. The van der Waals surface area contributed by atoms with Gasteiger partial charge in [0.1, 0.15) is 6.10 Å². The van der Waals surface area contributed by atoms with Gasteiger partial charge in [0.05, 0.1) is 19.3 Å². The fourth-order valence-electron chi connectivity index (χ4n) is 1.37. The summed E-state index contributed by atoms with van der Waals surface area (Å²) in [6.07, 6.45) is 2.35. The topological polar surface area (TPSA) is 38.7 Å². The largest absolute Gasteiger partial charge is 0.389 e. The minimum Gasteiger partial charge on any atom is -0.389 e. The molecule has 3 nitrogen and oxygen atoms in total. The van der Waals surface area contributed by atoms with E-state index in [0.29, 0.717) is 6.61 Å². The zero-order chi connectivity index (χ0) is 8.97. The number of hydrogen-bond donors (Lipinski definition) is 1. The maximum absolute atomic E-state index is 9.15. The van der Waals surface area contributed by atoms with Crippen molar-refractivity contribution < 1.29 is 14.6 Å². The van der Waals surface area contributed by atoms with Crippen LogP contribution < -0.4 is 0 Å². The second-order valence-corrected chi connectivity index (χ2v) is 3.03. The highest BCUT2D eigenvalue weighted by atomic mass is 16.5. The Kier molecular flexibility index (Phi) is 3.72. The van der Waals surface area contributed by atoms with E-state index in [1.807, 2.05) is 6.08 Å². The molecule has 1 saturated heterocycles. The highest BCUT2D eigenvalue weighted by molar-refractivity contribution is 5.12. The molecule has 0 amide bonds. The minimum atomic E-state index is -0.393. The number of methoxy groups -OCH3 is 1. The Morgan fingerprint density at radius 2 is 2.50 bits per heavy atom. The van der Waals surface area contributed by atoms with Crippen LogP contribution in [0.15, 0.2) is 11.6 Å². The van der Waals surface area contributed by atoms with Crippen LogP contribution in [0.4, 0.5) is 0 Å². The molecular formula is C9H16O3. The summed E-state index contributed by atoms with van der Waals surface area (Å²) in [6, 6.07) is 0. The summed E-state index contributed by atoms with van der Waals surface area (Å²) in [5, 5.41) is 9.15. The van der Waals surface area contributed by atoms with Gasteiger partial charge in [-0.1, -0.05) is 6.08 Å². The summed E-state index contributed by atoms with van der Waals surface area (Å²) in [7, 11) is 1.66. The van der Waals surface area contributed by atoms with E-state index < -0.39 is 6.10 Å². The van der Waals surface area contributed by atoms with Gasteiger partial charge < -0.3 is 14.6 Å². The number of ether oxygens (including phenoxy) is 2. The molecule has 0 spiro atoms. The van der Waals surface area contributed by atoms with Gasteiger partial charge in [0.25, 0.3) is 0 Å². The van der Waals surface area contributed by atoms with E-state index in [9.17, 15) is 0 Å². The van der Waals surface area contributed by atoms with Crippen molar-refractivity contribution in [2.45, 2.75) is 25.6 Å². The first kappa shape index (κ1) is 9.71. The first-order valence-electron chi connectivity index (χ1n) is 4.23. The fraction of sp³-hybridized carbons (Fsp3) is 0.778. The van der Waals surface area contributed by atoms with Crippen molar-refractivity contribution >= 4 is 0 Å². The summed E-state index contributed by atoms with van der Waals surface area (Å²) >= 11 is 0. The lowest BCUT2D eigenvalue weighted by molar-refractivity contribution is 0.00205. The maximum atomic E-state index is 9.15. The van der Waals surface area contributed by atoms with Gasteiger partial charge in [-0.2, -0.15) is 0 Å². The lowest BCUT2D eigenvalue weighted by Crippen LogP contribution is -2.27. The molecule has 1 heterocycles. The molecule has 0 radical (unpaired) electrons. The lowest BCUT2D eigenvalue weighted by Gasteiger charge is -2.24. The highest BCUT2D eigenvalue weighted by Gasteiger charge is 2.18. The molecule has 1 aliphatic rings. The molecule has 1 fully saturated rings. The number of aliphatic hydroxyl groups excluding tert-OH is 1. The number of aliphatic hydroxyl groups is 1. The molecule has 0 aromatic carbocycles. The van der Waals surface area contributed by atoms with Gasteiger partial charge in [-0.25, -0.2) is 0 Å². The summed E-state index contributed by atoms with van der Waals surface area (Å²) in [6.45, 7) is 3.09. The van der Waals surface area contributed by atoms with Crippen molar-refractivity contribution in [2.75, 3.05) is 20.3 Å². The molecule has 0 bridgehead atoms. The Labute approximate surface area is 73.0 Å². The minimum absolute atomic E-state index is 0.0355. The summed E-state index contributed by atoms with van der Waals surface area (Å²) in [5.41, 5.74) is 1.15. The van der Waals surface area contributed by atoms with E-state index >= 15 is 0 Å². The molecule has 0 aliphatic carbocycles. The quantitative estimate of drug-likeness (QED) is 0.624. The maximum Gasteiger partial charge on any atom is 0.102 e. The molecule has 70 valence electrons. The van der Waals surface area contributed by atoms with Crippen LogP contribution in [0.1, 0.15) is 13.3 Å². The standard InChI is InChI=1S/C9H16O3/c1-7(10)5-8-3-4-12-6-9(8)11-2/h5,7,9-10H,3-4,6H2,1-2H3/b8-5+. The molecule has 0 aromatic heterocycles. The molecule has 0 aromatic rings. The third kappa shape index (κ3) is 2.59. The fourth-order valence-corrected chi connectivity index (χ4v) is 1.37. The smallest absolute Gasteiger partial charge is 0.102 e. The molecule has 3 heteroatoms. The van der Waals surface area contributed by atoms with E-state index in [4.69, 9.17) is 14.6 Å². The highest BCUT2D eigenvalue weighted by Crippen LogP contribution is 2.17. The average molecular weight is 172 g/mol. The Morgan fingerprint density at radius 1 is 1.75 bits per heavy atom. The van der Waals surface area contributed by atoms with Gasteiger partial charge in [-0.3, -0.25) is 0 Å². The normalized spacial score (nSPS) is 30.6. The first-order chi connectivity index (χ1) is 5.74. The molecule has 1 aliphatic heterocycles. The Hall–Kier alpha value is -0.380. The van der Waals surface area contributed by atoms with Gasteiger partial charge in [-0.15, -0.1) is 0 Å². The molecule has 0 saturated carbocycles. The molecule has 12 heavy (non-hydrogen) atoms. The van der Waals surface area contributed by atoms with Crippen molar-refractivity contribution in [1.82, 2.24) is 0 Å². The van der Waals surface area contributed by atoms with Crippen LogP contribution in [0.2, 0.25) is 0 Å². The zero-order valence-corrected chi connectivity index (χ0v) is 7.62. The Balaban J connectivity index is 2.58. The van der Waals surface area contributed by atoms with Gasteiger partial charge in [0.15, 0.2) is 0 Å². The lowest BCUT2D eigenvalue weighted by atomic mass is 10.0. The van der Waals surface area contributed by atoms with E-state index in [1.54, 1.807) is 14.0 Å². The van der Waals surface area contributed by atoms with Crippen LogP contribution in [0.5, 0.6) is 0 Å². The average Bonchev–Trinajstić information content (AvgIpc) is 2.04. The predicted molar refractivity (Wildman–Crippen MR) is 46.0 cm³/mol. The summed E-state index contributed by atoms with van der Waals surface area (Å²) < 4.78 is 10.4. The van der Waals surface area contributed by atoms with Gasteiger partial charge in [0.2, 0.25) is 0 Å². The van der Waals surface area contributed by atoms with Crippen LogP contribution in [-0.2, 0) is 9.47 Å². The van der Waals surface area contributed by atoms with Crippen LogP contribution in [0.3, 0.4) is 0 Å². The third-order valence-electron chi connectivity index (χ3n) is 1.96. The van der Waals surface area contributed by atoms with Crippen molar-refractivity contribution in [2.24, 2.45) is 0 Å². The van der Waals surface area contributed by atoms with Gasteiger partial charge in [-0.05, 0) is 18.9 Å². The Bertz CT molecular complexity index is 163. The zero-order valence-electron chi connectivity index (χ0n) is 7.62. The molecule has 1 N–H and O–H groups in total. The molecule has 1 rings (SSSR count). The van der Waals surface area contributed by atoms with Crippen LogP contribution in [-0.4, -0.2) is 37.6 Å². The van der Waals surface area contributed by atoms with E-state index in [1.165, 1.54) is 0 Å². The monoisotopic (exact) mass is 172 g/mol. The third-order valence-corrected chi connectivity index (χ3v) is 1.96. The first-order valence-corrected chi connectivity index (χ1v) is 4.23. The SMILES string of the molecule is COC1COCC/C1=C\C(C)O. The van der Waals surface area contributed by atoms with Gasteiger partial charge in [0, 0.05) is 7.11 Å². The van der Waals surface area contributed by atoms with E-state index in [0.717, 1.165) is 18.6 Å². The van der Waals surface area contributed by atoms with E-state index in [-0.39, 0.29) is 6.10 Å². The van der Waals surface area contributed by atoms with Crippen LogP contribution in [0, 0.1) is 0 Å². The van der Waals surface area contributed by atoms with Crippen LogP contribution >= 0.6 is 0 Å². The van der Waals surface area contributed by atoms with E-state index in [2.05, 4.69) is 0 Å². The van der Waals surface area contributed by atoms with Crippen molar-refractivity contribution in [1.29, 1.82) is 0 Å². The Morgan fingerprint density at radius 3 is 3.08 bits per heavy atom. The second-order valence-electron chi connectivity index (χ2n) is 3.03. The van der Waals surface area contributed by atoms with Crippen molar-refractivity contribution in [3.8, 4) is 0 Å². The summed E-state index contributed by atoms with van der Waals surface area (Å²) in [4.78, 5) is 0. The van der Waals surface area contributed by atoms with Crippen molar-refractivity contribution in [3.63, 3.8) is 0 Å². The van der Waals surface area contributed by atoms with Gasteiger partial charge >= 0.3 is 0 Å². The number of hydrogen-bond acceptors (Lipinski definition) is 3. The van der Waals surface area contributed by atoms with Crippen LogP contribution in [0.25, 0.3) is 0 Å². The summed E-state index contributed by atoms with van der Waals surface area (Å²) in [5.74, 6) is 0. The molecule has 2 atom stereocenters.